The van der Waals surface area contributed by atoms with Crippen LogP contribution in [0.2, 0.25) is 0 Å². The number of Topliss-reactive ketones (excluding diaryl/α,β-unsaturated/α-hetero) is 1. The minimum absolute atomic E-state index is 0.0263. The van der Waals surface area contributed by atoms with E-state index in [0.29, 0.717) is 25.8 Å². The summed E-state index contributed by atoms with van der Waals surface area (Å²) in [5.74, 6) is -1.49. The van der Waals surface area contributed by atoms with Gasteiger partial charge in [-0.3, -0.25) is 33.6 Å². The lowest BCUT2D eigenvalue weighted by Crippen LogP contribution is -2.57. The maximum atomic E-state index is 14.6. The second kappa shape index (κ2) is 70.7. The normalized spacial score (nSPS) is 12.6. The summed E-state index contributed by atoms with van der Waals surface area (Å²) < 4.78 is 12.2. The molecule has 0 spiro atoms. The van der Waals surface area contributed by atoms with Crippen LogP contribution in [-0.2, 0) is 43.0 Å². The number of nitrogens with zero attached hydrogens (tertiary/aromatic N) is 4. The molecule has 1 rings (SSSR count). The molecule has 1 heterocycles. The molecule has 14 nitrogen and oxygen atoms in total. The maximum absolute atomic E-state index is 14.6. The van der Waals surface area contributed by atoms with Crippen LogP contribution >= 0.6 is 0 Å². The molecular weight excluding hydrogens is 1260 g/mol. The number of rotatable bonds is 76. The Labute approximate surface area is 623 Å². The van der Waals surface area contributed by atoms with Gasteiger partial charge in [0.2, 0.25) is 23.6 Å². The van der Waals surface area contributed by atoms with Gasteiger partial charge in [0.15, 0.2) is 0 Å². The number of esters is 2. The first-order valence-electron chi connectivity index (χ1n) is 44.1. The van der Waals surface area contributed by atoms with Crippen molar-refractivity contribution in [2.45, 2.75) is 445 Å². The Bertz CT molecular complexity index is 1830. The lowest BCUT2D eigenvalue weighted by atomic mass is 9.91. The van der Waals surface area contributed by atoms with Gasteiger partial charge in [-0.05, 0) is 83.7 Å². The summed E-state index contributed by atoms with van der Waals surface area (Å²) in [6.07, 6.45) is 61.9. The smallest absolute Gasteiger partial charge is 0.305 e. The lowest BCUT2D eigenvalue weighted by molar-refractivity contribution is -0.154. The number of carbonyl (C=O) groups excluding carboxylic acids is 7. The van der Waals surface area contributed by atoms with Gasteiger partial charge >= 0.3 is 11.9 Å². The number of piperidine rings is 1. The summed E-state index contributed by atoms with van der Waals surface area (Å²) in [4.78, 5) is 107. The molecule has 4 amide bonds. The van der Waals surface area contributed by atoms with E-state index < -0.39 is 30.7 Å². The molecule has 0 atom stereocenters. The molecule has 1 fully saturated rings. The fourth-order valence-electron chi connectivity index (χ4n) is 14.5. The topological polar surface area (TPSA) is 163 Å². The summed E-state index contributed by atoms with van der Waals surface area (Å²) >= 11 is 0. The standard InChI is InChI=1S/C87H165N5O9/c1-7-13-19-25-31-37-43-52-70-90(71-53-44-38-32-26-20-14-8-2)82(95)62-58-61-80(93)77-87(88-81(94)67-76-89-68-50-49-51-69-89,78-100-85(98)65-59-63-83(96)91(72-54-45-39-33-27-21-15-9-3)73-55-46-40-34-28-22-16-10-4)79-101-86(99)66-60-64-84(97)92(74-56-47-41-35-29-23-17-11-5)75-57-48-42-36-30-24-18-12-6/h7-79H2,1-6H3,(H,88,94). The van der Waals surface area contributed by atoms with E-state index in [9.17, 15) is 33.6 Å². The van der Waals surface area contributed by atoms with Crippen molar-refractivity contribution in [1.82, 2.24) is 24.9 Å². The summed E-state index contributed by atoms with van der Waals surface area (Å²) in [7, 11) is 0. The van der Waals surface area contributed by atoms with Gasteiger partial charge < -0.3 is 34.4 Å². The quantitative estimate of drug-likeness (QED) is 0.0458. The van der Waals surface area contributed by atoms with Gasteiger partial charge in [-0.25, -0.2) is 0 Å². The van der Waals surface area contributed by atoms with Crippen LogP contribution in [0.4, 0.5) is 0 Å². The number of amides is 4. The fourth-order valence-corrected chi connectivity index (χ4v) is 14.5. The van der Waals surface area contributed by atoms with Crippen LogP contribution in [0.15, 0.2) is 0 Å². The second-order valence-corrected chi connectivity index (χ2v) is 31.1. The Balaban J connectivity index is 3.46. The molecule has 14 heteroatoms. The first kappa shape index (κ1) is 95.5. The van der Waals surface area contributed by atoms with Crippen molar-refractivity contribution < 1.29 is 43.0 Å². The Morgan fingerprint density at radius 1 is 0.297 bits per heavy atom. The average molecular weight is 1430 g/mol. The van der Waals surface area contributed by atoms with Crippen LogP contribution in [0, 0.1) is 0 Å². The number of nitrogens with one attached hydrogen (secondary N) is 1. The van der Waals surface area contributed by atoms with Gasteiger partial charge in [0.05, 0.1) is 0 Å². The molecular formula is C87H165N5O9. The Morgan fingerprint density at radius 2 is 0.545 bits per heavy atom. The van der Waals surface area contributed by atoms with E-state index in [4.69, 9.17) is 9.47 Å². The van der Waals surface area contributed by atoms with Crippen molar-refractivity contribution >= 4 is 41.4 Å². The molecule has 101 heavy (non-hydrogen) atoms. The number of unbranched alkanes of at least 4 members (excludes halogenated alkanes) is 42. The van der Waals surface area contributed by atoms with Crippen LogP contribution in [0.5, 0.6) is 0 Å². The second-order valence-electron chi connectivity index (χ2n) is 31.1. The Morgan fingerprint density at radius 3 is 0.812 bits per heavy atom. The Hall–Kier alpha value is -3.55. The van der Waals surface area contributed by atoms with E-state index in [1.165, 1.54) is 231 Å². The highest BCUT2D eigenvalue weighted by Gasteiger charge is 2.38. The fraction of sp³-hybridized carbons (Fsp3) is 0.920. The number of carbonyl (C=O) groups is 7. The van der Waals surface area contributed by atoms with E-state index >= 15 is 0 Å². The van der Waals surface area contributed by atoms with Crippen LogP contribution in [-0.4, -0.2) is 139 Å². The highest BCUT2D eigenvalue weighted by atomic mass is 16.5. The van der Waals surface area contributed by atoms with Gasteiger partial charge in [0.1, 0.15) is 24.5 Å². The summed E-state index contributed by atoms with van der Waals surface area (Å²) in [5.41, 5.74) is -1.60. The molecule has 0 saturated carbocycles. The minimum atomic E-state index is -1.60. The molecule has 0 aliphatic carbocycles. The zero-order valence-electron chi connectivity index (χ0n) is 67.6. The van der Waals surface area contributed by atoms with Crippen LogP contribution in [0.3, 0.4) is 0 Å². The number of hydrogen-bond donors (Lipinski definition) is 1. The predicted molar refractivity (Wildman–Crippen MR) is 424 cm³/mol. The highest BCUT2D eigenvalue weighted by molar-refractivity contribution is 5.84. The van der Waals surface area contributed by atoms with E-state index in [1.54, 1.807) is 0 Å². The van der Waals surface area contributed by atoms with Crippen molar-refractivity contribution in [3.63, 3.8) is 0 Å². The molecule has 0 aromatic heterocycles. The zero-order chi connectivity index (χ0) is 73.6. The number of likely N-dealkylation sites (tertiary alicyclic amines) is 1. The highest BCUT2D eigenvalue weighted by Crippen LogP contribution is 2.22. The SMILES string of the molecule is CCCCCCCCCCN(CCCCCCCCCC)C(=O)CCCC(=O)CC(COC(=O)CCCC(=O)N(CCCCCCCCCC)CCCCCCCCCC)(COC(=O)CCCC(=O)N(CCCCCCCCCC)CCCCCCCCCC)NC(=O)CCN1CCCCC1. The number of ether oxygens (including phenoxy) is 2. The minimum Gasteiger partial charge on any atom is -0.463 e. The van der Waals surface area contributed by atoms with E-state index in [0.717, 1.165) is 149 Å². The van der Waals surface area contributed by atoms with Gasteiger partial charge in [-0.15, -0.1) is 0 Å². The van der Waals surface area contributed by atoms with E-state index in [2.05, 4.69) is 51.8 Å². The lowest BCUT2D eigenvalue weighted by Gasteiger charge is -2.34. The van der Waals surface area contributed by atoms with Crippen LogP contribution < -0.4 is 5.32 Å². The third kappa shape index (κ3) is 58.3. The van der Waals surface area contributed by atoms with Crippen molar-refractivity contribution in [3.8, 4) is 0 Å². The van der Waals surface area contributed by atoms with Crippen molar-refractivity contribution in [2.75, 3.05) is 72.1 Å². The van der Waals surface area contributed by atoms with Gasteiger partial charge in [-0.2, -0.15) is 0 Å². The number of hydrogen-bond acceptors (Lipinski definition) is 10. The van der Waals surface area contributed by atoms with Crippen LogP contribution in [0.1, 0.15) is 440 Å². The third-order valence-corrected chi connectivity index (χ3v) is 21.2. The summed E-state index contributed by atoms with van der Waals surface area (Å²) in [6.45, 7) is 19.3. The number of ketones is 1. The molecule has 0 unspecified atom stereocenters. The summed E-state index contributed by atoms with van der Waals surface area (Å²) in [6, 6.07) is 0. The van der Waals surface area contributed by atoms with E-state index in [-0.39, 0.29) is 80.8 Å². The van der Waals surface area contributed by atoms with Crippen LogP contribution in [0.25, 0.3) is 0 Å². The molecule has 0 bridgehead atoms. The molecule has 1 N–H and O–H groups in total. The molecule has 0 aromatic rings. The monoisotopic (exact) mass is 1420 g/mol. The maximum Gasteiger partial charge on any atom is 0.305 e. The van der Waals surface area contributed by atoms with Crippen molar-refractivity contribution in [1.29, 1.82) is 0 Å². The molecule has 1 aliphatic heterocycles. The molecule has 0 radical (unpaired) electrons. The Kier molecular flexibility index (Phi) is 66.9. The molecule has 1 aliphatic rings. The predicted octanol–water partition coefficient (Wildman–Crippen LogP) is 22.6. The largest absolute Gasteiger partial charge is 0.463 e. The van der Waals surface area contributed by atoms with Gasteiger partial charge in [-0.1, -0.05) is 318 Å². The zero-order valence-corrected chi connectivity index (χ0v) is 67.6. The summed E-state index contributed by atoms with van der Waals surface area (Å²) in [5, 5.41) is 3.13. The van der Waals surface area contributed by atoms with E-state index in [1.807, 2.05) is 14.7 Å². The first-order chi connectivity index (χ1) is 49.4. The van der Waals surface area contributed by atoms with Gasteiger partial charge in [0, 0.05) is 97.2 Å². The third-order valence-electron chi connectivity index (χ3n) is 21.2. The van der Waals surface area contributed by atoms with Crippen molar-refractivity contribution in [2.24, 2.45) is 0 Å². The first-order valence-corrected chi connectivity index (χ1v) is 44.1. The van der Waals surface area contributed by atoms with Crippen molar-refractivity contribution in [3.05, 3.63) is 0 Å². The molecule has 1 saturated heterocycles. The average Bonchev–Trinajstić information content (AvgIpc) is 0.841. The van der Waals surface area contributed by atoms with Gasteiger partial charge in [0.25, 0.3) is 0 Å². The molecule has 592 valence electrons. The molecule has 0 aromatic carbocycles.